The third kappa shape index (κ3) is 7.12. The Morgan fingerprint density at radius 3 is 1.95 bits per heavy atom. The molecule has 16 heteroatoms. The molecule has 0 saturated carbocycles. The fourth-order valence-electron chi connectivity index (χ4n) is 4.54. The molecule has 1 fully saturated rings. The van der Waals surface area contributed by atoms with Crippen LogP contribution in [-0.4, -0.2) is 70.6 Å². The molecule has 0 aliphatic carbocycles. The number of nitrogens with two attached hydrogens (primary N) is 2. The van der Waals surface area contributed by atoms with Crippen LogP contribution in [0.1, 0.15) is 22.3 Å². The smallest absolute Gasteiger partial charge is 0.475 e. The SMILES string of the molecule is Cc1ccc(C)c(N2CCN(c3nc(-c4cc(C(O)(C(N)=O)C(F)(F)F)ccc4C)cnc3N)CC2)c1.O=C(O)C(F)(F)F. The second-order valence-electron chi connectivity index (χ2n) is 10.1. The molecule has 1 aromatic heterocycles. The number of alkyl halides is 6. The molecule has 1 aliphatic rings. The van der Waals surface area contributed by atoms with Crippen molar-refractivity contribution >= 4 is 29.2 Å². The molecule has 1 atom stereocenters. The van der Waals surface area contributed by atoms with E-state index in [9.17, 15) is 36.2 Å². The van der Waals surface area contributed by atoms with E-state index in [0.29, 0.717) is 24.5 Å². The van der Waals surface area contributed by atoms with E-state index in [-0.39, 0.29) is 17.1 Å². The number of carboxylic acids is 1. The maximum atomic E-state index is 13.6. The number of carboxylic acid groups (broad SMARTS) is 1. The van der Waals surface area contributed by atoms with Gasteiger partial charge in [-0.15, -0.1) is 0 Å². The van der Waals surface area contributed by atoms with E-state index in [2.05, 4.69) is 46.9 Å². The van der Waals surface area contributed by atoms with Gasteiger partial charge >= 0.3 is 18.3 Å². The van der Waals surface area contributed by atoms with E-state index in [1.54, 1.807) is 6.92 Å². The predicted octanol–water partition coefficient (Wildman–Crippen LogP) is 3.85. The van der Waals surface area contributed by atoms with E-state index in [1.165, 1.54) is 29.1 Å². The van der Waals surface area contributed by atoms with Crippen LogP contribution in [0, 0.1) is 20.8 Å². The van der Waals surface area contributed by atoms with Crippen LogP contribution in [0.3, 0.4) is 0 Å². The molecule has 0 bridgehead atoms. The van der Waals surface area contributed by atoms with Crippen molar-refractivity contribution in [2.75, 3.05) is 41.7 Å². The van der Waals surface area contributed by atoms with Crippen molar-refractivity contribution in [3.05, 3.63) is 64.8 Å². The van der Waals surface area contributed by atoms with E-state index >= 15 is 0 Å². The van der Waals surface area contributed by atoms with Crippen molar-refractivity contribution in [2.45, 2.75) is 38.7 Å². The summed E-state index contributed by atoms with van der Waals surface area (Å²) in [4.78, 5) is 33.7. The Hall–Kier alpha value is -4.60. The van der Waals surface area contributed by atoms with Gasteiger partial charge in [-0.3, -0.25) is 4.79 Å². The Bertz CT molecular complexity index is 1540. The summed E-state index contributed by atoms with van der Waals surface area (Å²) < 4.78 is 72.6. The van der Waals surface area contributed by atoms with E-state index in [4.69, 9.17) is 21.4 Å². The topological polar surface area (TPSA) is 159 Å². The van der Waals surface area contributed by atoms with Crippen LogP contribution in [0.15, 0.2) is 42.6 Å². The van der Waals surface area contributed by atoms with Crippen molar-refractivity contribution in [1.82, 2.24) is 9.97 Å². The number of amides is 1. The standard InChI is InChI=1S/C26H29F3N6O2.C2HF3O2/c1-15-4-5-17(3)21(12-15)34-8-10-35(11-9-34)23-22(30)32-14-20(33-23)19-13-18(7-6-16(19)2)25(37,24(31)36)26(27,28)29;3-2(4,5)1(6)7/h4-7,12-14,37H,8-11H2,1-3H3,(H2,30,32)(H2,31,36);(H,6,7). The van der Waals surface area contributed by atoms with Crippen LogP contribution in [0.25, 0.3) is 11.3 Å². The van der Waals surface area contributed by atoms with Gasteiger partial charge in [0.25, 0.3) is 11.5 Å². The van der Waals surface area contributed by atoms with Gasteiger partial charge in [-0.25, -0.2) is 14.8 Å². The van der Waals surface area contributed by atoms with Gasteiger partial charge in [0, 0.05) is 43.0 Å². The van der Waals surface area contributed by atoms with Crippen LogP contribution >= 0.6 is 0 Å². The Kier molecular flexibility index (Phi) is 9.67. The lowest BCUT2D eigenvalue weighted by atomic mass is 9.89. The zero-order valence-electron chi connectivity index (χ0n) is 23.8. The maximum absolute atomic E-state index is 13.6. The first-order valence-electron chi connectivity index (χ1n) is 13.0. The molecule has 2 aromatic carbocycles. The van der Waals surface area contributed by atoms with Gasteiger partial charge in [0.1, 0.15) is 0 Å². The molecule has 6 N–H and O–H groups in total. The molecule has 0 radical (unpaired) electrons. The van der Waals surface area contributed by atoms with Gasteiger partial charge in [-0.1, -0.05) is 24.3 Å². The maximum Gasteiger partial charge on any atom is 0.490 e. The summed E-state index contributed by atoms with van der Waals surface area (Å²) in [5.41, 5.74) is 11.2. The molecule has 10 nitrogen and oxygen atoms in total. The summed E-state index contributed by atoms with van der Waals surface area (Å²) in [6.45, 7) is 8.48. The molecule has 1 aliphatic heterocycles. The second kappa shape index (κ2) is 12.6. The largest absolute Gasteiger partial charge is 0.490 e. The summed E-state index contributed by atoms with van der Waals surface area (Å²) in [5.74, 6) is -4.06. The Morgan fingerprint density at radius 2 is 1.43 bits per heavy atom. The number of nitrogen functional groups attached to an aromatic ring is 1. The van der Waals surface area contributed by atoms with Crippen molar-refractivity contribution in [3.63, 3.8) is 0 Å². The minimum atomic E-state index is -5.31. The predicted molar refractivity (Wildman–Crippen MR) is 150 cm³/mol. The minimum Gasteiger partial charge on any atom is -0.475 e. The molecule has 4 rings (SSSR count). The Labute approximate surface area is 247 Å². The van der Waals surface area contributed by atoms with Crippen LogP contribution in [0.2, 0.25) is 0 Å². The Morgan fingerprint density at radius 1 is 0.886 bits per heavy atom. The number of rotatable bonds is 5. The molecule has 1 amide bonds. The number of carbonyl (C=O) groups excluding carboxylic acids is 1. The lowest BCUT2D eigenvalue weighted by Gasteiger charge is -2.37. The second-order valence-corrected chi connectivity index (χ2v) is 10.1. The number of aromatic nitrogens is 2. The Balaban J connectivity index is 0.000000676. The van der Waals surface area contributed by atoms with Gasteiger partial charge in [-0.05, 0) is 49.6 Å². The molecule has 2 heterocycles. The van der Waals surface area contributed by atoms with Crippen LogP contribution in [0.5, 0.6) is 0 Å². The molecule has 3 aromatic rings. The lowest BCUT2D eigenvalue weighted by Crippen LogP contribution is -2.52. The zero-order chi connectivity index (χ0) is 33.2. The quantitative estimate of drug-likeness (QED) is 0.308. The summed E-state index contributed by atoms with van der Waals surface area (Å²) in [6.07, 6.45) is -9.03. The number of halogens is 6. The summed E-state index contributed by atoms with van der Waals surface area (Å²) in [5, 5.41) is 17.4. The number of benzene rings is 2. The number of piperazine rings is 1. The summed E-state index contributed by atoms with van der Waals surface area (Å²) >= 11 is 0. The third-order valence-corrected chi connectivity index (χ3v) is 7.01. The number of carbonyl (C=O) groups is 2. The average Bonchev–Trinajstić information content (AvgIpc) is 2.94. The number of aryl methyl sites for hydroxylation is 3. The fraction of sp³-hybridized carbons (Fsp3) is 0.357. The van der Waals surface area contributed by atoms with Crippen molar-refractivity contribution in [2.24, 2.45) is 5.73 Å². The molecule has 1 saturated heterocycles. The van der Waals surface area contributed by atoms with Gasteiger partial charge in [0.15, 0.2) is 11.6 Å². The van der Waals surface area contributed by atoms with Crippen molar-refractivity contribution in [1.29, 1.82) is 0 Å². The molecular formula is C28H30F6N6O4. The van der Waals surface area contributed by atoms with Crippen LogP contribution in [-0.2, 0) is 15.2 Å². The fourth-order valence-corrected chi connectivity index (χ4v) is 4.54. The molecule has 238 valence electrons. The van der Waals surface area contributed by atoms with Crippen molar-refractivity contribution < 1.29 is 46.1 Å². The van der Waals surface area contributed by atoms with E-state index in [1.807, 2.05) is 4.90 Å². The van der Waals surface area contributed by atoms with E-state index < -0.39 is 35.4 Å². The highest BCUT2D eigenvalue weighted by Crippen LogP contribution is 2.40. The van der Waals surface area contributed by atoms with Crippen LogP contribution in [0.4, 0.5) is 43.7 Å². The first kappa shape index (κ1) is 33.9. The summed E-state index contributed by atoms with van der Waals surface area (Å²) in [7, 11) is 0. The normalized spacial score (nSPS) is 15.2. The van der Waals surface area contributed by atoms with E-state index in [0.717, 1.165) is 25.2 Å². The van der Waals surface area contributed by atoms with Gasteiger partial charge < -0.3 is 31.5 Å². The molecule has 1 unspecified atom stereocenters. The lowest BCUT2D eigenvalue weighted by molar-refractivity contribution is -0.255. The number of hydrogen-bond donors (Lipinski definition) is 4. The van der Waals surface area contributed by atoms with Gasteiger partial charge in [-0.2, -0.15) is 26.3 Å². The highest BCUT2D eigenvalue weighted by molar-refractivity contribution is 5.86. The monoisotopic (exact) mass is 628 g/mol. The highest BCUT2D eigenvalue weighted by atomic mass is 19.4. The first-order valence-corrected chi connectivity index (χ1v) is 13.0. The molecular weight excluding hydrogens is 598 g/mol. The number of aliphatic carboxylic acids is 1. The number of primary amides is 1. The van der Waals surface area contributed by atoms with Crippen molar-refractivity contribution in [3.8, 4) is 11.3 Å². The average molecular weight is 629 g/mol. The van der Waals surface area contributed by atoms with Crippen LogP contribution < -0.4 is 21.3 Å². The highest BCUT2D eigenvalue weighted by Gasteiger charge is 2.60. The third-order valence-electron chi connectivity index (χ3n) is 7.01. The minimum absolute atomic E-state index is 0.196. The molecule has 0 spiro atoms. The van der Waals surface area contributed by atoms with Gasteiger partial charge in [0.05, 0.1) is 11.9 Å². The number of anilines is 3. The van der Waals surface area contributed by atoms with Gasteiger partial charge in [0.2, 0.25) is 0 Å². The molecule has 44 heavy (non-hydrogen) atoms. The number of hydrogen-bond acceptors (Lipinski definition) is 8. The first-order chi connectivity index (χ1) is 20.3. The zero-order valence-corrected chi connectivity index (χ0v) is 23.8. The number of nitrogens with zero attached hydrogens (tertiary/aromatic N) is 4. The number of aliphatic hydroxyl groups is 1. The summed E-state index contributed by atoms with van der Waals surface area (Å²) in [6, 6.07) is 9.78.